The molecule has 0 saturated carbocycles. The highest BCUT2D eigenvalue weighted by atomic mass is 19.1. The highest BCUT2D eigenvalue weighted by molar-refractivity contribution is 6.05. The van der Waals surface area contributed by atoms with E-state index in [0.29, 0.717) is 12.0 Å². The van der Waals surface area contributed by atoms with Crippen LogP contribution in [0.25, 0.3) is 0 Å². The number of ether oxygens (including phenoxy) is 2. The molecule has 0 spiro atoms. The lowest BCUT2D eigenvalue weighted by molar-refractivity contribution is -0.142. The van der Waals surface area contributed by atoms with Crippen molar-refractivity contribution in [3.05, 3.63) is 70.7 Å². The van der Waals surface area contributed by atoms with Crippen molar-refractivity contribution in [2.24, 2.45) is 0 Å². The van der Waals surface area contributed by atoms with Gasteiger partial charge in [0.2, 0.25) is 0 Å². The van der Waals surface area contributed by atoms with Crippen molar-refractivity contribution >= 4 is 23.5 Å². The molecular formula is C23H23FN2O6. The smallest absolute Gasteiger partial charge is 0.341 e. The molecule has 168 valence electrons. The number of hydrogen-bond donors (Lipinski definition) is 2. The Labute approximate surface area is 184 Å². The first kappa shape index (κ1) is 22.8. The standard InChI is InChI=1S/C23H23FN2O6/c1-13(22(29)31-2)25-21(28)17-11-18(23(30)32-3)20(27)19-16(17)5-4-10-26(19)12-14-6-8-15(24)9-7-14/h4,6-11,13,27H,5,12H2,1-3H3,(H,25,28). The highest BCUT2D eigenvalue weighted by Crippen LogP contribution is 2.41. The van der Waals surface area contributed by atoms with Gasteiger partial charge in [-0.15, -0.1) is 0 Å². The van der Waals surface area contributed by atoms with Gasteiger partial charge < -0.3 is 24.8 Å². The average Bonchev–Trinajstić information content (AvgIpc) is 2.79. The van der Waals surface area contributed by atoms with Crippen LogP contribution in [0, 0.1) is 5.82 Å². The van der Waals surface area contributed by atoms with E-state index < -0.39 is 23.9 Å². The Morgan fingerprint density at radius 3 is 2.47 bits per heavy atom. The third-order valence-corrected chi connectivity index (χ3v) is 5.09. The summed E-state index contributed by atoms with van der Waals surface area (Å²) in [7, 11) is 2.37. The predicted octanol–water partition coefficient (Wildman–Crippen LogP) is 2.69. The molecule has 9 heteroatoms. The molecule has 2 N–H and O–H groups in total. The molecule has 0 saturated heterocycles. The molecule has 1 heterocycles. The number of nitrogens with zero attached hydrogens (tertiary/aromatic N) is 1. The van der Waals surface area contributed by atoms with Gasteiger partial charge in [-0.25, -0.2) is 14.0 Å². The summed E-state index contributed by atoms with van der Waals surface area (Å²) in [5.74, 6) is -2.77. The van der Waals surface area contributed by atoms with E-state index in [9.17, 15) is 23.9 Å². The van der Waals surface area contributed by atoms with Crippen molar-refractivity contribution in [2.45, 2.75) is 25.9 Å². The molecule has 0 fully saturated rings. The van der Waals surface area contributed by atoms with E-state index in [4.69, 9.17) is 4.74 Å². The number of rotatable bonds is 6. The van der Waals surface area contributed by atoms with Gasteiger partial charge in [-0.2, -0.15) is 0 Å². The number of aromatic hydroxyl groups is 1. The second-order valence-electron chi connectivity index (χ2n) is 7.20. The molecule has 1 aliphatic heterocycles. The van der Waals surface area contributed by atoms with E-state index in [1.165, 1.54) is 32.2 Å². The van der Waals surface area contributed by atoms with Gasteiger partial charge in [0.05, 0.1) is 19.9 Å². The summed E-state index contributed by atoms with van der Waals surface area (Å²) in [5.41, 5.74) is 1.39. The van der Waals surface area contributed by atoms with Gasteiger partial charge in [-0.3, -0.25) is 4.79 Å². The third kappa shape index (κ3) is 4.56. The van der Waals surface area contributed by atoms with E-state index in [1.54, 1.807) is 29.3 Å². The molecule has 0 radical (unpaired) electrons. The first-order chi connectivity index (χ1) is 15.3. The minimum Gasteiger partial charge on any atom is -0.505 e. The molecule has 1 amide bonds. The van der Waals surface area contributed by atoms with Crippen molar-refractivity contribution in [2.75, 3.05) is 19.1 Å². The number of esters is 2. The number of methoxy groups -OCH3 is 2. The number of fused-ring (bicyclic) bond motifs is 1. The molecule has 2 aromatic rings. The first-order valence-electron chi connectivity index (χ1n) is 9.80. The quantitative estimate of drug-likeness (QED) is 0.663. The number of allylic oxidation sites excluding steroid dienone is 1. The lowest BCUT2D eigenvalue weighted by Gasteiger charge is -2.30. The Hall–Kier alpha value is -3.88. The highest BCUT2D eigenvalue weighted by Gasteiger charge is 2.30. The van der Waals surface area contributed by atoms with Crippen LogP contribution < -0.4 is 10.2 Å². The average molecular weight is 442 g/mol. The Kier molecular flexibility index (Phi) is 6.77. The number of hydrogen-bond acceptors (Lipinski definition) is 7. The van der Waals surface area contributed by atoms with Crippen LogP contribution in [0.5, 0.6) is 5.75 Å². The van der Waals surface area contributed by atoms with Crippen LogP contribution in [-0.2, 0) is 27.2 Å². The summed E-state index contributed by atoms with van der Waals surface area (Å²) in [5, 5.41) is 13.4. The number of anilines is 1. The fourth-order valence-electron chi connectivity index (χ4n) is 3.48. The molecule has 3 rings (SSSR count). The molecule has 0 aromatic heterocycles. The number of phenols is 1. The molecular weight excluding hydrogens is 419 g/mol. The van der Waals surface area contributed by atoms with E-state index in [1.807, 2.05) is 0 Å². The topological polar surface area (TPSA) is 105 Å². The van der Waals surface area contributed by atoms with Crippen LogP contribution in [0.4, 0.5) is 10.1 Å². The van der Waals surface area contributed by atoms with Gasteiger partial charge in [-0.05, 0) is 42.7 Å². The van der Waals surface area contributed by atoms with Crippen molar-refractivity contribution in [3.63, 3.8) is 0 Å². The molecule has 2 aromatic carbocycles. The van der Waals surface area contributed by atoms with E-state index in [-0.39, 0.29) is 34.9 Å². The lowest BCUT2D eigenvalue weighted by Crippen LogP contribution is -2.39. The van der Waals surface area contributed by atoms with Crippen LogP contribution in [0.1, 0.15) is 38.8 Å². The first-order valence-corrected chi connectivity index (χ1v) is 9.80. The third-order valence-electron chi connectivity index (χ3n) is 5.09. The minimum atomic E-state index is -0.923. The van der Waals surface area contributed by atoms with Crippen LogP contribution in [0.15, 0.2) is 42.6 Å². The molecule has 0 bridgehead atoms. The number of benzene rings is 2. The van der Waals surface area contributed by atoms with Gasteiger partial charge >= 0.3 is 11.9 Å². The Morgan fingerprint density at radius 1 is 1.16 bits per heavy atom. The van der Waals surface area contributed by atoms with Gasteiger partial charge in [0.25, 0.3) is 5.91 Å². The van der Waals surface area contributed by atoms with E-state index >= 15 is 0 Å². The fraction of sp³-hybridized carbons (Fsp3) is 0.261. The van der Waals surface area contributed by atoms with Crippen molar-refractivity contribution in [1.82, 2.24) is 5.32 Å². The number of halogens is 1. The second kappa shape index (κ2) is 9.51. The zero-order valence-electron chi connectivity index (χ0n) is 17.8. The Balaban J connectivity index is 2.08. The molecule has 8 nitrogen and oxygen atoms in total. The van der Waals surface area contributed by atoms with Crippen LogP contribution >= 0.6 is 0 Å². The van der Waals surface area contributed by atoms with E-state index in [0.717, 1.165) is 12.7 Å². The largest absolute Gasteiger partial charge is 0.505 e. The number of nitrogens with one attached hydrogen (secondary N) is 1. The van der Waals surface area contributed by atoms with Crippen LogP contribution in [-0.4, -0.2) is 43.2 Å². The van der Waals surface area contributed by atoms with Gasteiger partial charge in [0.15, 0.2) is 5.75 Å². The maximum atomic E-state index is 13.3. The summed E-state index contributed by atoms with van der Waals surface area (Å²) in [6.07, 6.45) is 3.81. The SMILES string of the molecule is COC(=O)c1cc(C(=O)NC(C)C(=O)OC)c2c(c1O)N(Cc1ccc(F)cc1)C=CC2. The molecule has 1 aliphatic rings. The number of carbonyl (C=O) groups excluding carboxylic acids is 3. The minimum absolute atomic E-state index is 0.113. The monoisotopic (exact) mass is 442 g/mol. The summed E-state index contributed by atoms with van der Waals surface area (Å²) in [6, 6.07) is 6.17. The number of amides is 1. The lowest BCUT2D eigenvalue weighted by atomic mass is 9.94. The number of carbonyl (C=O) groups is 3. The van der Waals surface area contributed by atoms with Crippen molar-refractivity contribution in [3.8, 4) is 5.75 Å². The fourth-order valence-corrected chi connectivity index (χ4v) is 3.48. The van der Waals surface area contributed by atoms with Gasteiger partial charge in [-0.1, -0.05) is 18.2 Å². The second-order valence-corrected chi connectivity index (χ2v) is 7.20. The Morgan fingerprint density at radius 2 is 1.84 bits per heavy atom. The summed E-state index contributed by atoms with van der Waals surface area (Å²) in [4.78, 5) is 38.7. The zero-order valence-corrected chi connectivity index (χ0v) is 17.8. The van der Waals surface area contributed by atoms with Gasteiger partial charge in [0.1, 0.15) is 17.4 Å². The summed E-state index contributed by atoms with van der Waals surface area (Å²) >= 11 is 0. The van der Waals surface area contributed by atoms with Crippen molar-refractivity contribution < 1.29 is 33.4 Å². The van der Waals surface area contributed by atoms with Crippen LogP contribution in [0.2, 0.25) is 0 Å². The molecule has 0 aliphatic carbocycles. The van der Waals surface area contributed by atoms with Gasteiger partial charge in [0, 0.05) is 18.3 Å². The maximum Gasteiger partial charge on any atom is 0.341 e. The number of phenolic OH excluding ortho intramolecular Hbond substituents is 1. The normalized spacial score (nSPS) is 13.2. The molecule has 1 atom stereocenters. The maximum absolute atomic E-state index is 13.3. The summed E-state index contributed by atoms with van der Waals surface area (Å²) < 4.78 is 22.7. The van der Waals surface area contributed by atoms with Crippen LogP contribution in [0.3, 0.4) is 0 Å². The predicted molar refractivity (Wildman–Crippen MR) is 114 cm³/mol. The van der Waals surface area contributed by atoms with Crippen molar-refractivity contribution in [1.29, 1.82) is 0 Å². The molecule has 32 heavy (non-hydrogen) atoms. The Bertz CT molecular complexity index is 1080. The van der Waals surface area contributed by atoms with E-state index in [2.05, 4.69) is 10.1 Å². The zero-order chi connectivity index (χ0) is 23.4. The summed E-state index contributed by atoms with van der Waals surface area (Å²) in [6.45, 7) is 1.72. The molecule has 1 unspecified atom stereocenters.